The van der Waals surface area contributed by atoms with Crippen LogP contribution in [0.4, 0.5) is 0 Å². The van der Waals surface area contributed by atoms with Crippen LogP contribution < -0.4 is 0 Å². The first-order chi connectivity index (χ1) is 11.2. The molecule has 5 heteroatoms. The predicted molar refractivity (Wildman–Crippen MR) is 97.1 cm³/mol. The molecule has 1 fully saturated rings. The second-order valence-electron chi connectivity index (χ2n) is 6.11. The van der Waals surface area contributed by atoms with Gasteiger partial charge in [0, 0.05) is 52.4 Å². The minimum atomic E-state index is 0.256. The van der Waals surface area contributed by atoms with Crippen LogP contribution in [-0.4, -0.2) is 29.8 Å². The lowest BCUT2D eigenvalue weighted by Gasteiger charge is -2.20. The van der Waals surface area contributed by atoms with E-state index in [0.717, 1.165) is 39.1 Å². The van der Waals surface area contributed by atoms with Crippen molar-refractivity contribution in [3.63, 3.8) is 0 Å². The van der Waals surface area contributed by atoms with Gasteiger partial charge in [0.1, 0.15) is 0 Å². The Labute approximate surface area is 146 Å². The Hall–Kier alpha value is -0.720. The fourth-order valence-corrected chi connectivity index (χ4v) is 5.05. The average molecular weight is 352 g/mol. The third-order valence-electron chi connectivity index (χ3n) is 4.12. The van der Waals surface area contributed by atoms with E-state index in [0.29, 0.717) is 6.10 Å². The van der Waals surface area contributed by atoms with Crippen LogP contribution in [0.1, 0.15) is 44.9 Å². The van der Waals surface area contributed by atoms with Crippen molar-refractivity contribution < 1.29 is 9.84 Å². The largest absolute Gasteiger partial charge is 0.396 e. The van der Waals surface area contributed by atoms with Gasteiger partial charge in [-0.1, -0.05) is 0 Å². The van der Waals surface area contributed by atoms with Crippen LogP contribution in [0.2, 0.25) is 0 Å². The number of hydrogen-bond acceptors (Lipinski definition) is 5. The molecule has 0 amide bonds. The summed E-state index contributed by atoms with van der Waals surface area (Å²) in [5.74, 6) is 0. The van der Waals surface area contributed by atoms with Crippen LogP contribution in [0.15, 0.2) is 24.3 Å². The standard InChI is InChI=1S/C18H25NO2S2/c1-14-5-6-15(22-14)12-19(9-3-10-20)13-16-7-8-18(23-16)17-4-2-11-21-17/h5-8,17,20H,2-4,9-13H2,1H3/t17-/m1/s1. The lowest BCUT2D eigenvalue weighted by Crippen LogP contribution is -2.23. The third-order valence-corrected chi connectivity index (χ3v) is 6.26. The van der Waals surface area contributed by atoms with E-state index in [1.165, 1.54) is 25.9 Å². The van der Waals surface area contributed by atoms with Crippen LogP contribution in [0.25, 0.3) is 0 Å². The maximum atomic E-state index is 9.16. The van der Waals surface area contributed by atoms with Crippen molar-refractivity contribution in [3.8, 4) is 0 Å². The van der Waals surface area contributed by atoms with Gasteiger partial charge in [0.2, 0.25) is 0 Å². The molecule has 2 aromatic rings. The summed E-state index contributed by atoms with van der Waals surface area (Å²) >= 11 is 3.75. The van der Waals surface area contributed by atoms with Gasteiger partial charge in [-0.3, -0.25) is 4.90 Å². The van der Waals surface area contributed by atoms with E-state index >= 15 is 0 Å². The lowest BCUT2D eigenvalue weighted by molar-refractivity contribution is 0.114. The maximum Gasteiger partial charge on any atom is 0.0917 e. The Morgan fingerprint density at radius 1 is 1.17 bits per heavy atom. The highest BCUT2D eigenvalue weighted by molar-refractivity contribution is 7.12. The van der Waals surface area contributed by atoms with Gasteiger partial charge < -0.3 is 9.84 Å². The van der Waals surface area contributed by atoms with E-state index in [9.17, 15) is 0 Å². The van der Waals surface area contributed by atoms with Gasteiger partial charge in [-0.25, -0.2) is 0 Å². The van der Waals surface area contributed by atoms with Gasteiger partial charge in [-0.15, -0.1) is 22.7 Å². The number of aliphatic hydroxyl groups excluding tert-OH is 1. The Kier molecular flexibility index (Phi) is 6.25. The van der Waals surface area contributed by atoms with Gasteiger partial charge in [0.25, 0.3) is 0 Å². The number of hydrogen-bond donors (Lipinski definition) is 1. The zero-order chi connectivity index (χ0) is 16.1. The van der Waals surface area contributed by atoms with Crippen LogP contribution in [0.5, 0.6) is 0 Å². The van der Waals surface area contributed by atoms with Gasteiger partial charge in [-0.05, 0) is 50.5 Å². The number of nitrogens with zero attached hydrogens (tertiary/aromatic N) is 1. The van der Waals surface area contributed by atoms with Gasteiger partial charge in [-0.2, -0.15) is 0 Å². The highest BCUT2D eigenvalue weighted by atomic mass is 32.1. The summed E-state index contributed by atoms with van der Waals surface area (Å²) < 4.78 is 5.79. The first kappa shape index (κ1) is 17.1. The summed E-state index contributed by atoms with van der Waals surface area (Å²) in [6.45, 7) is 6.16. The molecule has 0 bridgehead atoms. The summed E-state index contributed by atoms with van der Waals surface area (Å²) in [5, 5.41) is 9.16. The van der Waals surface area contributed by atoms with Crippen molar-refractivity contribution in [2.75, 3.05) is 19.8 Å². The summed E-state index contributed by atoms with van der Waals surface area (Å²) in [6.07, 6.45) is 3.48. The number of thiophene rings is 2. The number of rotatable bonds is 8. The molecule has 1 atom stereocenters. The Morgan fingerprint density at radius 2 is 1.96 bits per heavy atom. The fourth-order valence-electron chi connectivity index (χ4n) is 2.97. The Bertz CT molecular complexity index is 602. The maximum absolute atomic E-state index is 9.16. The molecule has 0 saturated carbocycles. The molecular formula is C18H25NO2S2. The molecule has 3 heterocycles. The quantitative estimate of drug-likeness (QED) is 0.767. The molecule has 3 rings (SSSR count). The smallest absolute Gasteiger partial charge is 0.0917 e. The molecule has 0 aliphatic carbocycles. The summed E-state index contributed by atoms with van der Waals surface area (Å²) in [5.41, 5.74) is 0. The number of ether oxygens (including phenoxy) is 1. The van der Waals surface area contributed by atoms with Crippen LogP contribution in [0.3, 0.4) is 0 Å². The third kappa shape index (κ3) is 4.88. The van der Waals surface area contributed by atoms with Gasteiger partial charge in [0.15, 0.2) is 0 Å². The molecule has 0 spiro atoms. The first-order valence-electron chi connectivity index (χ1n) is 8.33. The normalized spacial score (nSPS) is 18.1. The van der Waals surface area contributed by atoms with E-state index in [1.54, 1.807) is 0 Å². The highest BCUT2D eigenvalue weighted by Gasteiger charge is 2.20. The minimum Gasteiger partial charge on any atom is -0.396 e. The van der Waals surface area contributed by atoms with Crippen molar-refractivity contribution in [2.24, 2.45) is 0 Å². The summed E-state index contributed by atoms with van der Waals surface area (Å²) in [4.78, 5) is 7.95. The van der Waals surface area contributed by atoms with E-state index < -0.39 is 0 Å². The number of aliphatic hydroxyl groups is 1. The van der Waals surface area contributed by atoms with Crippen molar-refractivity contribution in [3.05, 3.63) is 43.8 Å². The zero-order valence-electron chi connectivity index (χ0n) is 13.7. The second kappa shape index (κ2) is 8.40. The van der Waals surface area contributed by atoms with Crippen molar-refractivity contribution in [2.45, 2.75) is 45.4 Å². The predicted octanol–water partition coefficient (Wildman–Crippen LogP) is 4.35. The van der Waals surface area contributed by atoms with E-state index in [4.69, 9.17) is 9.84 Å². The monoisotopic (exact) mass is 351 g/mol. The molecule has 0 aromatic carbocycles. The van der Waals surface area contributed by atoms with Crippen LogP contribution >= 0.6 is 22.7 Å². The van der Waals surface area contributed by atoms with Crippen LogP contribution in [0, 0.1) is 6.92 Å². The molecule has 1 saturated heterocycles. The second-order valence-corrected chi connectivity index (χ2v) is 8.68. The van der Waals surface area contributed by atoms with E-state index in [-0.39, 0.29) is 6.61 Å². The topological polar surface area (TPSA) is 32.7 Å². The summed E-state index contributed by atoms with van der Waals surface area (Å²) in [7, 11) is 0. The Balaban J connectivity index is 1.62. The summed E-state index contributed by atoms with van der Waals surface area (Å²) in [6, 6.07) is 8.88. The fraction of sp³-hybridized carbons (Fsp3) is 0.556. The minimum absolute atomic E-state index is 0.256. The molecule has 1 aliphatic rings. The molecule has 0 unspecified atom stereocenters. The Morgan fingerprint density at radius 3 is 2.61 bits per heavy atom. The average Bonchev–Trinajstić information content (AvgIpc) is 3.26. The SMILES string of the molecule is Cc1ccc(CN(CCCO)Cc2ccc([C@H]3CCCO3)s2)s1. The van der Waals surface area contributed by atoms with Crippen molar-refractivity contribution in [1.29, 1.82) is 0 Å². The molecule has 0 radical (unpaired) electrons. The first-order valence-corrected chi connectivity index (χ1v) is 9.96. The molecule has 1 N–H and O–H groups in total. The molecule has 3 nitrogen and oxygen atoms in total. The van der Waals surface area contributed by atoms with E-state index in [2.05, 4.69) is 36.1 Å². The lowest BCUT2D eigenvalue weighted by atomic mass is 10.2. The molecular weight excluding hydrogens is 326 g/mol. The molecule has 126 valence electrons. The van der Waals surface area contributed by atoms with Crippen molar-refractivity contribution >= 4 is 22.7 Å². The highest BCUT2D eigenvalue weighted by Crippen LogP contribution is 2.33. The molecule has 23 heavy (non-hydrogen) atoms. The molecule has 1 aliphatic heterocycles. The number of aryl methyl sites for hydroxylation is 1. The molecule has 2 aromatic heterocycles. The van der Waals surface area contributed by atoms with E-state index in [1.807, 2.05) is 22.7 Å². The van der Waals surface area contributed by atoms with Gasteiger partial charge >= 0.3 is 0 Å². The van der Waals surface area contributed by atoms with Crippen molar-refractivity contribution in [1.82, 2.24) is 4.90 Å². The van der Waals surface area contributed by atoms with Crippen LogP contribution in [-0.2, 0) is 17.8 Å². The van der Waals surface area contributed by atoms with Gasteiger partial charge in [0.05, 0.1) is 6.10 Å². The zero-order valence-corrected chi connectivity index (χ0v) is 15.3.